The fraction of sp³-hybridized carbons (Fsp3) is 0.421. The molecule has 0 spiro atoms. The Morgan fingerprint density at radius 1 is 1.28 bits per heavy atom. The molecule has 6 heteroatoms. The molecule has 25 heavy (non-hydrogen) atoms. The Kier molecular flexibility index (Phi) is 4.24. The first kappa shape index (κ1) is 15.9. The highest BCUT2D eigenvalue weighted by atomic mass is 16.5. The molecule has 1 fully saturated rings. The Morgan fingerprint density at radius 3 is 3.00 bits per heavy atom. The number of aromatic nitrogens is 2. The zero-order valence-electron chi connectivity index (χ0n) is 14.4. The minimum atomic E-state index is 0.381. The van der Waals surface area contributed by atoms with Gasteiger partial charge in [0, 0.05) is 51.0 Å². The number of nitrogens with zero attached hydrogens (tertiary/aromatic N) is 5. The fourth-order valence-corrected chi connectivity index (χ4v) is 3.64. The molecule has 2 aliphatic rings. The van der Waals surface area contributed by atoms with Crippen LogP contribution in [0.3, 0.4) is 0 Å². The Labute approximate surface area is 147 Å². The second-order valence-electron chi connectivity index (χ2n) is 6.65. The van der Waals surface area contributed by atoms with Crippen LogP contribution >= 0.6 is 0 Å². The summed E-state index contributed by atoms with van der Waals surface area (Å²) in [6.07, 6.45) is 4.23. The number of anilines is 1. The van der Waals surface area contributed by atoms with E-state index in [0.717, 1.165) is 45.0 Å². The van der Waals surface area contributed by atoms with E-state index in [0.29, 0.717) is 17.6 Å². The van der Waals surface area contributed by atoms with Crippen molar-refractivity contribution in [2.75, 3.05) is 31.1 Å². The highest BCUT2D eigenvalue weighted by Gasteiger charge is 2.26. The average molecular weight is 335 g/mol. The monoisotopic (exact) mass is 335 g/mol. The van der Waals surface area contributed by atoms with Crippen LogP contribution in [0, 0.1) is 11.3 Å². The summed E-state index contributed by atoms with van der Waals surface area (Å²) in [7, 11) is 0. The molecule has 2 aliphatic heterocycles. The number of nitriles is 1. The molecule has 0 N–H and O–H groups in total. The standard InChI is InChI=1S/C19H21N5O/c1-14-12-24(19-17(11-20)21-5-6-22-19)8-7-23(14)13-15-2-3-18-16(10-15)4-9-25-18/h2-3,5-6,10,14H,4,7-9,12-13H2,1H3. The average Bonchev–Trinajstić information content (AvgIpc) is 3.11. The van der Waals surface area contributed by atoms with Gasteiger partial charge in [-0.1, -0.05) is 12.1 Å². The first-order chi connectivity index (χ1) is 12.2. The Hall–Kier alpha value is -2.65. The highest BCUT2D eigenvalue weighted by molar-refractivity contribution is 5.50. The number of benzene rings is 1. The fourth-order valence-electron chi connectivity index (χ4n) is 3.64. The topological polar surface area (TPSA) is 65.3 Å². The number of rotatable bonds is 3. The van der Waals surface area contributed by atoms with Crippen molar-refractivity contribution in [3.8, 4) is 11.8 Å². The molecule has 0 radical (unpaired) electrons. The van der Waals surface area contributed by atoms with E-state index in [1.807, 2.05) is 0 Å². The van der Waals surface area contributed by atoms with Crippen LogP contribution in [0.1, 0.15) is 23.7 Å². The maximum absolute atomic E-state index is 9.24. The van der Waals surface area contributed by atoms with E-state index in [-0.39, 0.29) is 0 Å². The number of ether oxygens (including phenoxy) is 1. The molecule has 1 atom stereocenters. The van der Waals surface area contributed by atoms with Crippen molar-refractivity contribution < 1.29 is 4.74 Å². The zero-order valence-corrected chi connectivity index (χ0v) is 14.4. The molecule has 128 valence electrons. The smallest absolute Gasteiger partial charge is 0.183 e. The van der Waals surface area contributed by atoms with Gasteiger partial charge >= 0.3 is 0 Å². The van der Waals surface area contributed by atoms with Gasteiger partial charge in [-0.3, -0.25) is 4.90 Å². The largest absolute Gasteiger partial charge is 0.493 e. The van der Waals surface area contributed by atoms with Gasteiger partial charge in [-0.25, -0.2) is 9.97 Å². The summed E-state index contributed by atoms with van der Waals surface area (Å²) >= 11 is 0. The third-order valence-corrected chi connectivity index (χ3v) is 4.99. The SMILES string of the molecule is CC1CN(c2nccnc2C#N)CCN1Cc1ccc2c(c1)CCO2. The number of hydrogen-bond donors (Lipinski definition) is 0. The Balaban J connectivity index is 1.44. The minimum Gasteiger partial charge on any atom is -0.493 e. The van der Waals surface area contributed by atoms with Crippen molar-refractivity contribution in [2.45, 2.75) is 25.9 Å². The summed E-state index contributed by atoms with van der Waals surface area (Å²) in [6, 6.07) is 9.06. The van der Waals surface area contributed by atoms with E-state index in [9.17, 15) is 5.26 Å². The van der Waals surface area contributed by atoms with E-state index in [4.69, 9.17) is 4.74 Å². The molecule has 1 aromatic carbocycles. The summed E-state index contributed by atoms with van der Waals surface area (Å²) < 4.78 is 5.59. The molecular formula is C19H21N5O. The molecule has 0 aliphatic carbocycles. The minimum absolute atomic E-state index is 0.381. The predicted molar refractivity (Wildman–Crippen MR) is 94.5 cm³/mol. The van der Waals surface area contributed by atoms with Crippen molar-refractivity contribution in [3.63, 3.8) is 0 Å². The maximum atomic E-state index is 9.24. The van der Waals surface area contributed by atoms with Crippen molar-refractivity contribution >= 4 is 5.82 Å². The lowest BCUT2D eigenvalue weighted by Crippen LogP contribution is -2.51. The summed E-state index contributed by atoms with van der Waals surface area (Å²) in [6.45, 7) is 6.61. The van der Waals surface area contributed by atoms with Gasteiger partial charge in [0.15, 0.2) is 11.5 Å². The highest BCUT2D eigenvalue weighted by Crippen LogP contribution is 2.27. The molecule has 1 aromatic heterocycles. The van der Waals surface area contributed by atoms with Crippen LogP contribution in [0.15, 0.2) is 30.6 Å². The second kappa shape index (κ2) is 6.69. The third-order valence-electron chi connectivity index (χ3n) is 4.99. The van der Waals surface area contributed by atoms with Crippen LogP contribution in [0.5, 0.6) is 5.75 Å². The van der Waals surface area contributed by atoms with Crippen molar-refractivity contribution in [1.29, 1.82) is 5.26 Å². The maximum Gasteiger partial charge on any atom is 0.183 e. The predicted octanol–water partition coefficient (Wildman–Crippen LogP) is 1.99. The molecule has 1 unspecified atom stereocenters. The van der Waals surface area contributed by atoms with Gasteiger partial charge in [0.25, 0.3) is 0 Å². The van der Waals surface area contributed by atoms with Gasteiger partial charge in [0.05, 0.1) is 6.61 Å². The molecular weight excluding hydrogens is 314 g/mol. The summed E-state index contributed by atoms with van der Waals surface area (Å²) in [5.74, 6) is 1.74. The van der Waals surface area contributed by atoms with Crippen LogP contribution in [-0.2, 0) is 13.0 Å². The number of hydrogen-bond acceptors (Lipinski definition) is 6. The molecule has 0 bridgehead atoms. The van der Waals surface area contributed by atoms with Crippen molar-refractivity contribution in [3.05, 3.63) is 47.4 Å². The van der Waals surface area contributed by atoms with Gasteiger partial charge in [-0.15, -0.1) is 0 Å². The molecule has 0 amide bonds. The molecule has 1 saturated heterocycles. The lowest BCUT2D eigenvalue weighted by molar-refractivity contribution is 0.180. The van der Waals surface area contributed by atoms with Gasteiger partial charge in [0.2, 0.25) is 0 Å². The first-order valence-corrected chi connectivity index (χ1v) is 8.69. The van der Waals surface area contributed by atoms with E-state index in [2.05, 4.69) is 51.0 Å². The summed E-state index contributed by atoms with van der Waals surface area (Å²) in [4.78, 5) is 13.1. The van der Waals surface area contributed by atoms with E-state index in [1.54, 1.807) is 12.4 Å². The zero-order chi connectivity index (χ0) is 17.2. The van der Waals surface area contributed by atoms with Crippen LogP contribution in [-0.4, -0.2) is 47.2 Å². The van der Waals surface area contributed by atoms with Gasteiger partial charge < -0.3 is 9.64 Å². The van der Waals surface area contributed by atoms with Crippen LogP contribution in [0.25, 0.3) is 0 Å². The van der Waals surface area contributed by atoms with E-state index < -0.39 is 0 Å². The Morgan fingerprint density at radius 2 is 2.16 bits per heavy atom. The van der Waals surface area contributed by atoms with Gasteiger partial charge in [0.1, 0.15) is 11.8 Å². The van der Waals surface area contributed by atoms with Gasteiger partial charge in [-0.05, 0) is 24.1 Å². The Bertz CT molecular complexity index is 816. The molecule has 3 heterocycles. The summed E-state index contributed by atoms with van der Waals surface area (Å²) in [5.41, 5.74) is 3.06. The molecule has 4 rings (SSSR count). The van der Waals surface area contributed by atoms with E-state index in [1.165, 1.54) is 11.1 Å². The normalized spacial score (nSPS) is 20.0. The lowest BCUT2D eigenvalue weighted by Gasteiger charge is -2.40. The van der Waals surface area contributed by atoms with Crippen molar-refractivity contribution in [1.82, 2.24) is 14.9 Å². The van der Waals surface area contributed by atoms with Crippen LogP contribution < -0.4 is 9.64 Å². The lowest BCUT2D eigenvalue weighted by atomic mass is 10.1. The van der Waals surface area contributed by atoms with Crippen LogP contribution in [0.2, 0.25) is 0 Å². The molecule has 6 nitrogen and oxygen atoms in total. The van der Waals surface area contributed by atoms with Crippen molar-refractivity contribution in [2.24, 2.45) is 0 Å². The number of piperazine rings is 1. The number of fused-ring (bicyclic) bond motifs is 1. The van der Waals surface area contributed by atoms with Gasteiger partial charge in [-0.2, -0.15) is 5.26 Å². The summed E-state index contributed by atoms with van der Waals surface area (Å²) in [5, 5.41) is 9.24. The second-order valence-corrected chi connectivity index (χ2v) is 6.65. The molecule has 2 aromatic rings. The third kappa shape index (κ3) is 3.15. The van der Waals surface area contributed by atoms with Crippen LogP contribution in [0.4, 0.5) is 5.82 Å². The molecule has 0 saturated carbocycles. The first-order valence-electron chi connectivity index (χ1n) is 8.69. The quantitative estimate of drug-likeness (QED) is 0.855. The van der Waals surface area contributed by atoms with E-state index >= 15 is 0 Å².